The average Bonchev–Trinajstić information content (AvgIpc) is 2.55. The molecule has 0 aromatic rings. The van der Waals surface area contributed by atoms with Gasteiger partial charge in [0.15, 0.2) is 0 Å². The molecule has 0 fully saturated rings. The first-order chi connectivity index (χ1) is 11.2. The Morgan fingerprint density at radius 3 is 1.83 bits per heavy atom. The predicted octanol–water partition coefficient (Wildman–Crippen LogP) is 5.04. The smallest absolute Gasteiger partial charge is 0.309 e. The second-order valence-electron chi connectivity index (χ2n) is 6.20. The fourth-order valence-corrected chi connectivity index (χ4v) is 2.77. The van der Waals surface area contributed by atoms with Gasteiger partial charge in [-0.25, -0.2) is 0 Å². The van der Waals surface area contributed by atoms with E-state index in [1.807, 2.05) is 0 Å². The summed E-state index contributed by atoms with van der Waals surface area (Å²) in [5, 5.41) is 0. The van der Waals surface area contributed by atoms with Gasteiger partial charge in [-0.15, -0.1) is 0 Å². The summed E-state index contributed by atoms with van der Waals surface area (Å²) in [4.78, 5) is 23.2. The van der Waals surface area contributed by atoms with Crippen LogP contribution in [0.1, 0.15) is 90.9 Å². The van der Waals surface area contributed by atoms with Gasteiger partial charge in [0.2, 0.25) is 0 Å². The number of hydrogen-bond acceptors (Lipinski definition) is 4. The van der Waals surface area contributed by atoms with Crippen molar-refractivity contribution >= 4 is 11.9 Å². The van der Waals surface area contributed by atoms with Crippen LogP contribution in [0.5, 0.6) is 0 Å². The van der Waals surface area contributed by atoms with E-state index in [0.29, 0.717) is 13.0 Å². The highest BCUT2D eigenvalue weighted by Crippen LogP contribution is 2.18. The third kappa shape index (κ3) is 13.1. The minimum atomic E-state index is -0.354. The predicted molar refractivity (Wildman–Crippen MR) is 93.2 cm³/mol. The molecule has 0 spiro atoms. The van der Waals surface area contributed by atoms with Crippen molar-refractivity contribution in [2.24, 2.45) is 5.92 Å². The van der Waals surface area contributed by atoms with Crippen LogP contribution in [0, 0.1) is 5.92 Å². The van der Waals surface area contributed by atoms with Crippen LogP contribution in [-0.2, 0) is 19.1 Å². The molecule has 1 unspecified atom stereocenters. The van der Waals surface area contributed by atoms with E-state index in [4.69, 9.17) is 9.47 Å². The molecule has 0 heterocycles. The number of ether oxygens (including phenoxy) is 2. The second kappa shape index (κ2) is 15.8. The van der Waals surface area contributed by atoms with Crippen molar-refractivity contribution in [2.75, 3.05) is 13.7 Å². The Bertz CT molecular complexity index is 302. The molecule has 0 aliphatic rings. The van der Waals surface area contributed by atoms with Gasteiger partial charge >= 0.3 is 11.9 Å². The molecule has 0 saturated heterocycles. The standard InChI is InChI=1S/C19H36O4/c1-4-6-7-8-9-10-11-12-13-14-15-17(19(21)22-3)16-18(20)23-5-2/h17H,4-16H2,1-3H3. The molecular weight excluding hydrogens is 292 g/mol. The lowest BCUT2D eigenvalue weighted by Gasteiger charge is -2.13. The Morgan fingerprint density at radius 2 is 1.35 bits per heavy atom. The normalized spacial score (nSPS) is 12.0. The van der Waals surface area contributed by atoms with Gasteiger partial charge < -0.3 is 9.47 Å². The van der Waals surface area contributed by atoms with E-state index in [0.717, 1.165) is 12.8 Å². The summed E-state index contributed by atoms with van der Waals surface area (Å²) >= 11 is 0. The lowest BCUT2D eigenvalue weighted by Crippen LogP contribution is -2.21. The van der Waals surface area contributed by atoms with E-state index < -0.39 is 0 Å². The quantitative estimate of drug-likeness (QED) is 0.312. The van der Waals surface area contributed by atoms with Crippen molar-refractivity contribution in [1.29, 1.82) is 0 Å². The molecule has 0 radical (unpaired) electrons. The molecule has 0 saturated carbocycles. The SMILES string of the molecule is CCCCCCCCCCCCC(CC(=O)OCC)C(=O)OC. The fraction of sp³-hybridized carbons (Fsp3) is 0.895. The Balaban J connectivity index is 3.70. The molecule has 23 heavy (non-hydrogen) atoms. The highest BCUT2D eigenvalue weighted by molar-refractivity contribution is 5.79. The number of methoxy groups -OCH3 is 1. The summed E-state index contributed by atoms with van der Waals surface area (Å²) < 4.78 is 9.71. The van der Waals surface area contributed by atoms with Crippen molar-refractivity contribution in [1.82, 2.24) is 0 Å². The second-order valence-corrected chi connectivity index (χ2v) is 6.20. The van der Waals surface area contributed by atoms with Gasteiger partial charge in [0, 0.05) is 0 Å². The van der Waals surface area contributed by atoms with Crippen LogP contribution in [0.3, 0.4) is 0 Å². The molecule has 1 atom stereocenters. The zero-order chi connectivity index (χ0) is 17.3. The van der Waals surface area contributed by atoms with E-state index in [1.165, 1.54) is 58.5 Å². The van der Waals surface area contributed by atoms with E-state index >= 15 is 0 Å². The molecule has 4 heteroatoms. The summed E-state index contributed by atoms with van der Waals surface area (Å²) in [6, 6.07) is 0. The third-order valence-electron chi connectivity index (χ3n) is 4.16. The van der Waals surface area contributed by atoms with Crippen LogP contribution in [0.15, 0.2) is 0 Å². The molecule has 0 aromatic carbocycles. The first-order valence-corrected chi connectivity index (χ1v) is 9.39. The van der Waals surface area contributed by atoms with Crippen molar-refractivity contribution in [3.63, 3.8) is 0 Å². The lowest BCUT2D eigenvalue weighted by atomic mass is 9.97. The molecule has 4 nitrogen and oxygen atoms in total. The monoisotopic (exact) mass is 328 g/mol. The average molecular weight is 328 g/mol. The Labute approximate surface area is 142 Å². The topological polar surface area (TPSA) is 52.6 Å². The molecule has 0 aromatic heterocycles. The summed E-state index contributed by atoms with van der Waals surface area (Å²) in [5.41, 5.74) is 0. The number of rotatable bonds is 15. The van der Waals surface area contributed by atoms with Crippen LogP contribution >= 0.6 is 0 Å². The summed E-state index contributed by atoms with van der Waals surface area (Å²) in [6.45, 7) is 4.36. The Hall–Kier alpha value is -1.06. The molecule has 0 N–H and O–H groups in total. The number of hydrogen-bond donors (Lipinski definition) is 0. The van der Waals surface area contributed by atoms with Crippen LogP contribution < -0.4 is 0 Å². The molecule has 0 rings (SSSR count). The number of carbonyl (C=O) groups excluding carboxylic acids is 2. The van der Waals surface area contributed by atoms with Gasteiger partial charge in [-0.2, -0.15) is 0 Å². The fourth-order valence-electron chi connectivity index (χ4n) is 2.77. The summed E-state index contributed by atoms with van der Waals surface area (Å²) in [5.74, 6) is -0.961. The van der Waals surface area contributed by atoms with Crippen LogP contribution in [0.2, 0.25) is 0 Å². The Morgan fingerprint density at radius 1 is 0.826 bits per heavy atom. The minimum Gasteiger partial charge on any atom is -0.469 e. The number of carbonyl (C=O) groups is 2. The molecule has 136 valence electrons. The maximum Gasteiger partial charge on any atom is 0.309 e. The maximum atomic E-state index is 11.7. The van der Waals surface area contributed by atoms with Gasteiger partial charge in [0.1, 0.15) is 0 Å². The van der Waals surface area contributed by atoms with Crippen molar-refractivity contribution < 1.29 is 19.1 Å². The summed E-state index contributed by atoms with van der Waals surface area (Å²) in [7, 11) is 1.37. The molecule has 0 aliphatic heterocycles. The number of unbranched alkanes of at least 4 members (excludes halogenated alkanes) is 9. The van der Waals surface area contributed by atoms with Gasteiger partial charge in [-0.3, -0.25) is 9.59 Å². The molecule has 0 bridgehead atoms. The van der Waals surface area contributed by atoms with Crippen LogP contribution in [-0.4, -0.2) is 25.7 Å². The van der Waals surface area contributed by atoms with Gasteiger partial charge in [0.05, 0.1) is 26.1 Å². The summed E-state index contributed by atoms with van der Waals surface area (Å²) in [6.07, 6.45) is 13.4. The van der Waals surface area contributed by atoms with Crippen molar-refractivity contribution in [2.45, 2.75) is 90.9 Å². The Kier molecular flexibility index (Phi) is 15.1. The van der Waals surface area contributed by atoms with Crippen molar-refractivity contribution in [3.8, 4) is 0 Å². The lowest BCUT2D eigenvalue weighted by molar-refractivity contribution is -0.153. The van der Waals surface area contributed by atoms with Crippen LogP contribution in [0.4, 0.5) is 0 Å². The zero-order valence-corrected chi connectivity index (χ0v) is 15.4. The van der Waals surface area contributed by atoms with Gasteiger partial charge in [-0.05, 0) is 13.3 Å². The molecule has 0 aliphatic carbocycles. The first kappa shape index (κ1) is 21.9. The van der Waals surface area contributed by atoms with E-state index in [9.17, 15) is 9.59 Å². The van der Waals surface area contributed by atoms with Crippen molar-refractivity contribution in [3.05, 3.63) is 0 Å². The largest absolute Gasteiger partial charge is 0.469 e. The third-order valence-corrected chi connectivity index (χ3v) is 4.16. The van der Waals surface area contributed by atoms with Gasteiger partial charge in [0.25, 0.3) is 0 Å². The highest BCUT2D eigenvalue weighted by atomic mass is 16.5. The van der Waals surface area contributed by atoms with Gasteiger partial charge in [-0.1, -0.05) is 71.1 Å². The number of esters is 2. The maximum absolute atomic E-state index is 11.7. The zero-order valence-electron chi connectivity index (χ0n) is 15.4. The van der Waals surface area contributed by atoms with E-state index in [1.54, 1.807) is 6.92 Å². The van der Waals surface area contributed by atoms with E-state index in [-0.39, 0.29) is 24.3 Å². The molecular formula is C19H36O4. The van der Waals surface area contributed by atoms with E-state index in [2.05, 4.69) is 6.92 Å². The highest BCUT2D eigenvalue weighted by Gasteiger charge is 2.22. The van der Waals surface area contributed by atoms with Crippen LogP contribution in [0.25, 0.3) is 0 Å². The molecule has 0 amide bonds. The minimum absolute atomic E-state index is 0.137. The first-order valence-electron chi connectivity index (χ1n) is 9.39.